The first-order valence-corrected chi connectivity index (χ1v) is 7.97. The summed E-state index contributed by atoms with van der Waals surface area (Å²) in [5, 5.41) is 2.22. The van der Waals surface area contributed by atoms with Crippen molar-refractivity contribution in [2.75, 3.05) is 19.6 Å². The molecule has 0 aromatic rings. The number of alkyl halides is 2. The van der Waals surface area contributed by atoms with Crippen LogP contribution in [-0.4, -0.2) is 48.3 Å². The Balaban J connectivity index is 1.85. The normalized spacial score (nSPS) is 29.7. The van der Waals surface area contributed by atoms with E-state index < -0.39 is 30.8 Å². The number of hydrogen-bond acceptors (Lipinski definition) is 3. The molecular weight excluding hydrogens is 292 g/mol. The second-order valence-electron chi connectivity index (χ2n) is 6.64. The predicted octanol–water partition coefficient (Wildman–Crippen LogP) is 1.12. The van der Waals surface area contributed by atoms with Gasteiger partial charge in [0.15, 0.2) is 0 Å². The largest absolute Gasteiger partial charge is 0.350 e. The number of carbonyl (C=O) groups excluding carboxylic acids is 2. The fourth-order valence-corrected chi connectivity index (χ4v) is 3.25. The van der Waals surface area contributed by atoms with Gasteiger partial charge in [0.25, 0.3) is 5.92 Å². The van der Waals surface area contributed by atoms with Crippen LogP contribution >= 0.6 is 0 Å². The van der Waals surface area contributed by atoms with E-state index in [0.717, 1.165) is 25.7 Å². The highest BCUT2D eigenvalue weighted by Gasteiger charge is 2.39. The number of rotatable bonds is 5. The molecular formula is C15H25F2N3O2. The molecule has 1 aliphatic heterocycles. The third-order valence-corrected chi connectivity index (χ3v) is 4.78. The van der Waals surface area contributed by atoms with Crippen LogP contribution in [0.1, 0.15) is 39.0 Å². The van der Waals surface area contributed by atoms with E-state index in [9.17, 15) is 18.4 Å². The average Bonchev–Trinajstić information content (AvgIpc) is 2.88. The summed E-state index contributed by atoms with van der Waals surface area (Å²) in [6.45, 7) is 0.977. The highest BCUT2D eigenvalue weighted by atomic mass is 19.3. The second-order valence-corrected chi connectivity index (χ2v) is 6.64. The zero-order chi connectivity index (χ0) is 16.3. The van der Waals surface area contributed by atoms with Crippen LogP contribution < -0.4 is 11.1 Å². The molecule has 1 heterocycles. The van der Waals surface area contributed by atoms with Gasteiger partial charge in [-0.05, 0) is 31.6 Å². The van der Waals surface area contributed by atoms with Crippen molar-refractivity contribution in [1.82, 2.24) is 10.2 Å². The molecule has 2 amide bonds. The van der Waals surface area contributed by atoms with Gasteiger partial charge < -0.3 is 16.0 Å². The van der Waals surface area contributed by atoms with Gasteiger partial charge in [0.2, 0.25) is 11.8 Å². The van der Waals surface area contributed by atoms with Crippen LogP contribution in [-0.2, 0) is 9.59 Å². The molecule has 1 atom stereocenters. The fraction of sp³-hybridized carbons (Fsp3) is 0.867. The minimum atomic E-state index is -3.10. The van der Waals surface area contributed by atoms with Crippen LogP contribution in [0.4, 0.5) is 8.78 Å². The summed E-state index contributed by atoms with van der Waals surface area (Å²) in [7, 11) is 0. The Kier molecular flexibility index (Phi) is 5.36. The zero-order valence-electron chi connectivity index (χ0n) is 13.0. The van der Waals surface area contributed by atoms with E-state index in [1.807, 2.05) is 0 Å². The van der Waals surface area contributed by atoms with Crippen molar-refractivity contribution in [3.63, 3.8) is 0 Å². The van der Waals surface area contributed by atoms with E-state index in [4.69, 9.17) is 5.73 Å². The Morgan fingerprint density at radius 2 is 2.00 bits per heavy atom. The Hall–Kier alpha value is -1.24. The molecule has 1 unspecified atom stereocenters. The Morgan fingerprint density at radius 3 is 2.59 bits per heavy atom. The monoisotopic (exact) mass is 317 g/mol. The fourth-order valence-electron chi connectivity index (χ4n) is 3.25. The van der Waals surface area contributed by atoms with Gasteiger partial charge in [-0.2, -0.15) is 0 Å². The van der Waals surface area contributed by atoms with Gasteiger partial charge in [0.1, 0.15) is 0 Å². The average molecular weight is 317 g/mol. The van der Waals surface area contributed by atoms with Gasteiger partial charge in [-0.3, -0.25) is 9.59 Å². The smallest absolute Gasteiger partial charge is 0.277 e. The molecule has 0 aromatic carbocycles. The van der Waals surface area contributed by atoms with Gasteiger partial charge in [-0.25, -0.2) is 8.78 Å². The molecule has 22 heavy (non-hydrogen) atoms. The molecule has 126 valence electrons. The van der Waals surface area contributed by atoms with Gasteiger partial charge in [0.05, 0.1) is 19.0 Å². The maximum Gasteiger partial charge on any atom is 0.277 e. The van der Waals surface area contributed by atoms with E-state index in [2.05, 4.69) is 12.2 Å². The number of nitrogens with two attached hydrogens (primary N) is 1. The van der Waals surface area contributed by atoms with Crippen LogP contribution in [0.3, 0.4) is 0 Å². The first-order chi connectivity index (χ1) is 10.3. The predicted molar refractivity (Wildman–Crippen MR) is 78.3 cm³/mol. The van der Waals surface area contributed by atoms with Crippen molar-refractivity contribution < 1.29 is 18.4 Å². The third-order valence-electron chi connectivity index (χ3n) is 4.78. The lowest BCUT2D eigenvalue weighted by Crippen LogP contribution is -2.44. The quantitative estimate of drug-likeness (QED) is 0.798. The highest BCUT2D eigenvalue weighted by molar-refractivity contribution is 5.89. The molecule has 2 aliphatic rings. The lowest BCUT2D eigenvalue weighted by Gasteiger charge is -2.33. The summed E-state index contributed by atoms with van der Waals surface area (Å²) >= 11 is 0. The SMILES string of the molecule is CC1CCC(N2CC(C(=O)NCC(F)(F)CN)CC2=O)CC1. The van der Waals surface area contributed by atoms with Crippen LogP contribution in [0.15, 0.2) is 0 Å². The first-order valence-electron chi connectivity index (χ1n) is 7.97. The van der Waals surface area contributed by atoms with E-state index in [1.165, 1.54) is 0 Å². The first kappa shape index (κ1) is 17.1. The summed E-state index contributed by atoms with van der Waals surface area (Å²) in [5.74, 6) is -3.46. The maximum absolute atomic E-state index is 13.1. The summed E-state index contributed by atoms with van der Waals surface area (Å²) in [4.78, 5) is 25.8. The van der Waals surface area contributed by atoms with Crippen LogP contribution in [0.2, 0.25) is 0 Å². The Labute approximate surface area is 129 Å². The van der Waals surface area contributed by atoms with Gasteiger partial charge >= 0.3 is 0 Å². The standard InChI is InChI=1S/C15H25F2N3O2/c1-10-2-4-12(5-3-10)20-7-11(6-13(20)21)14(22)19-9-15(16,17)8-18/h10-12H,2-9,18H2,1H3,(H,19,22). The van der Waals surface area contributed by atoms with Crippen molar-refractivity contribution in [3.05, 3.63) is 0 Å². The maximum atomic E-state index is 13.1. The van der Waals surface area contributed by atoms with E-state index in [1.54, 1.807) is 4.90 Å². The number of likely N-dealkylation sites (tertiary alicyclic amines) is 1. The topological polar surface area (TPSA) is 75.4 Å². The minimum absolute atomic E-state index is 0.0368. The van der Waals surface area contributed by atoms with E-state index in [0.29, 0.717) is 12.5 Å². The number of nitrogens with one attached hydrogen (secondary N) is 1. The molecule has 1 saturated heterocycles. The summed E-state index contributed by atoms with van der Waals surface area (Å²) in [5.41, 5.74) is 4.94. The van der Waals surface area contributed by atoms with Crippen LogP contribution in [0.5, 0.6) is 0 Å². The molecule has 3 N–H and O–H groups in total. The second kappa shape index (κ2) is 6.89. The molecule has 1 aliphatic carbocycles. The van der Waals surface area contributed by atoms with Crippen molar-refractivity contribution >= 4 is 11.8 Å². The highest BCUT2D eigenvalue weighted by Crippen LogP contribution is 2.31. The number of carbonyl (C=O) groups is 2. The number of halogens is 2. The molecule has 2 rings (SSSR count). The lowest BCUT2D eigenvalue weighted by molar-refractivity contribution is -0.131. The number of nitrogens with zero attached hydrogens (tertiary/aromatic N) is 1. The van der Waals surface area contributed by atoms with Crippen LogP contribution in [0, 0.1) is 11.8 Å². The summed E-state index contributed by atoms with van der Waals surface area (Å²) < 4.78 is 26.1. The van der Waals surface area contributed by atoms with Crippen molar-refractivity contribution in [2.24, 2.45) is 17.6 Å². The molecule has 7 heteroatoms. The molecule has 0 radical (unpaired) electrons. The zero-order valence-corrected chi connectivity index (χ0v) is 13.0. The molecule has 0 spiro atoms. The van der Waals surface area contributed by atoms with E-state index >= 15 is 0 Å². The van der Waals surface area contributed by atoms with Gasteiger partial charge in [-0.15, -0.1) is 0 Å². The van der Waals surface area contributed by atoms with Gasteiger partial charge in [-0.1, -0.05) is 6.92 Å². The van der Waals surface area contributed by atoms with Crippen molar-refractivity contribution in [3.8, 4) is 0 Å². The van der Waals surface area contributed by atoms with Crippen molar-refractivity contribution in [1.29, 1.82) is 0 Å². The van der Waals surface area contributed by atoms with E-state index in [-0.39, 0.29) is 18.4 Å². The molecule has 0 aromatic heterocycles. The Morgan fingerprint density at radius 1 is 1.36 bits per heavy atom. The molecule has 5 nitrogen and oxygen atoms in total. The van der Waals surface area contributed by atoms with Crippen molar-refractivity contribution in [2.45, 2.75) is 51.0 Å². The molecule has 1 saturated carbocycles. The Bertz CT molecular complexity index is 423. The summed E-state index contributed by atoms with van der Waals surface area (Å²) in [6, 6.07) is 0.201. The number of amides is 2. The number of hydrogen-bond donors (Lipinski definition) is 2. The third kappa shape index (κ3) is 4.15. The lowest BCUT2D eigenvalue weighted by atomic mass is 9.87. The summed E-state index contributed by atoms with van der Waals surface area (Å²) in [6.07, 6.45) is 4.23. The minimum Gasteiger partial charge on any atom is -0.350 e. The van der Waals surface area contributed by atoms with Gasteiger partial charge in [0, 0.05) is 19.0 Å². The molecule has 2 fully saturated rings. The molecule has 0 bridgehead atoms. The van der Waals surface area contributed by atoms with Crippen LogP contribution in [0.25, 0.3) is 0 Å².